The van der Waals surface area contributed by atoms with Crippen molar-refractivity contribution in [1.29, 1.82) is 0 Å². The van der Waals surface area contributed by atoms with Gasteiger partial charge in [0.15, 0.2) is 0 Å². The zero-order chi connectivity index (χ0) is 25.9. The maximum Gasteiger partial charge on any atom is 0.277 e. The summed E-state index contributed by atoms with van der Waals surface area (Å²) in [5.74, 6) is -0.119. The number of benzene rings is 3. The van der Waals surface area contributed by atoms with E-state index >= 15 is 0 Å². The lowest BCUT2D eigenvalue weighted by Gasteiger charge is -2.13. The number of nitrogens with zero attached hydrogens (tertiary/aromatic N) is 2. The molecule has 2 N–H and O–H groups in total. The van der Waals surface area contributed by atoms with Gasteiger partial charge in [-0.3, -0.25) is 9.52 Å². The van der Waals surface area contributed by atoms with Crippen LogP contribution in [0.2, 0.25) is 10.0 Å². The monoisotopic (exact) mass is 562 g/mol. The maximum absolute atomic E-state index is 13.0. The molecule has 0 fully saturated rings. The van der Waals surface area contributed by atoms with Crippen LogP contribution in [0.15, 0.2) is 75.2 Å². The van der Waals surface area contributed by atoms with Gasteiger partial charge in [-0.15, -0.1) is 10.2 Å². The molecular formula is C24H20Cl2N4O4S2. The maximum atomic E-state index is 13.0. The van der Waals surface area contributed by atoms with Crippen LogP contribution >= 0.6 is 35.0 Å². The van der Waals surface area contributed by atoms with Crippen LogP contribution in [0.4, 0.5) is 11.4 Å². The number of halogens is 2. The highest BCUT2D eigenvalue weighted by Gasteiger charge is 2.20. The standard InChI is InChI=1S/C24H20Cl2N4O4S2/c1-14-3-10-20(15(2)11-14)30-36(32,33)21-12-18(8-9-19(21)26)27-22(31)13-35-24-29-28-23(34-24)16-4-6-17(25)7-5-16/h3-12,30H,13H2,1-2H3,(H,27,31). The van der Waals surface area contributed by atoms with Crippen LogP contribution in [0.3, 0.4) is 0 Å². The van der Waals surface area contributed by atoms with Crippen molar-refractivity contribution < 1.29 is 17.6 Å². The minimum atomic E-state index is -4.00. The molecule has 3 aromatic carbocycles. The number of carbonyl (C=O) groups is 1. The number of hydrogen-bond donors (Lipinski definition) is 2. The third kappa shape index (κ3) is 6.38. The van der Waals surface area contributed by atoms with Crippen LogP contribution in [0.25, 0.3) is 11.5 Å². The van der Waals surface area contributed by atoms with Gasteiger partial charge in [-0.1, -0.05) is 52.7 Å². The molecule has 0 saturated heterocycles. The lowest BCUT2D eigenvalue weighted by atomic mass is 10.1. The number of nitrogens with one attached hydrogen (secondary N) is 2. The van der Waals surface area contributed by atoms with Gasteiger partial charge in [0.25, 0.3) is 15.2 Å². The molecule has 0 aliphatic carbocycles. The van der Waals surface area contributed by atoms with Crippen LogP contribution in [0.1, 0.15) is 11.1 Å². The molecule has 1 aromatic heterocycles. The van der Waals surface area contributed by atoms with Crippen molar-refractivity contribution in [3.05, 3.63) is 81.8 Å². The van der Waals surface area contributed by atoms with E-state index < -0.39 is 10.0 Å². The normalized spacial score (nSPS) is 11.3. The first-order chi connectivity index (χ1) is 17.1. The van der Waals surface area contributed by atoms with Gasteiger partial charge in [-0.2, -0.15) is 0 Å². The topological polar surface area (TPSA) is 114 Å². The molecule has 0 atom stereocenters. The molecule has 8 nitrogen and oxygen atoms in total. The fourth-order valence-corrected chi connectivity index (χ4v) is 5.56. The second kappa shape index (κ2) is 10.9. The Bertz CT molecular complexity index is 1520. The summed E-state index contributed by atoms with van der Waals surface area (Å²) in [6, 6.07) is 16.5. The van der Waals surface area contributed by atoms with Crippen molar-refractivity contribution in [2.75, 3.05) is 15.8 Å². The second-order valence-corrected chi connectivity index (χ2v) is 11.2. The van der Waals surface area contributed by atoms with E-state index in [1.165, 1.54) is 18.2 Å². The third-order valence-electron chi connectivity index (χ3n) is 4.96. The highest BCUT2D eigenvalue weighted by Crippen LogP contribution is 2.29. The minimum Gasteiger partial charge on any atom is -0.411 e. The second-order valence-electron chi connectivity index (χ2n) is 7.79. The van der Waals surface area contributed by atoms with Crippen LogP contribution in [-0.2, 0) is 14.8 Å². The highest BCUT2D eigenvalue weighted by molar-refractivity contribution is 7.99. The number of amides is 1. The number of anilines is 2. The summed E-state index contributed by atoms with van der Waals surface area (Å²) in [4.78, 5) is 12.3. The number of hydrogen-bond acceptors (Lipinski definition) is 7. The van der Waals surface area contributed by atoms with E-state index in [0.717, 1.165) is 22.9 Å². The number of aromatic nitrogens is 2. The molecule has 0 saturated carbocycles. The molecule has 4 rings (SSSR count). The fourth-order valence-electron chi connectivity index (χ4n) is 3.22. The van der Waals surface area contributed by atoms with E-state index in [2.05, 4.69) is 20.2 Å². The van der Waals surface area contributed by atoms with E-state index in [4.69, 9.17) is 27.6 Å². The van der Waals surface area contributed by atoms with Gasteiger partial charge in [-0.25, -0.2) is 8.42 Å². The molecular weight excluding hydrogens is 543 g/mol. The summed E-state index contributed by atoms with van der Waals surface area (Å²) in [6.45, 7) is 3.73. The summed E-state index contributed by atoms with van der Waals surface area (Å²) < 4.78 is 34.1. The average molecular weight is 563 g/mol. The van der Waals surface area contributed by atoms with E-state index in [1.54, 1.807) is 30.3 Å². The van der Waals surface area contributed by atoms with Crippen LogP contribution in [0.5, 0.6) is 0 Å². The smallest absolute Gasteiger partial charge is 0.277 e. The summed E-state index contributed by atoms with van der Waals surface area (Å²) in [7, 11) is -4.00. The molecule has 0 spiro atoms. The molecule has 186 valence electrons. The molecule has 0 radical (unpaired) electrons. The summed E-state index contributed by atoms with van der Waals surface area (Å²) >= 11 is 13.1. The quantitative estimate of drug-likeness (QED) is 0.246. The van der Waals surface area contributed by atoms with Crippen LogP contribution in [0, 0.1) is 13.8 Å². The molecule has 12 heteroatoms. The minimum absolute atomic E-state index is 0.0280. The largest absolute Gasteiger partial charge is 0.411 e. The van der Waals surface area contributed by atoms with Gasteiger partial charge < -0.3 is 9.73 Å². The predicted molar refractivity (Wildman–Crippen MR) is 142 cm³/mol. The van der Waals surface area contributed by atoms with Gasteiger partial charge in [0.05, 0.1) is 16.5 Å². The Morgan fingerprint density at radius 3 is 2.47 bits per heavy atom. The highest BCUT2D eigenvalue weighted by atomic mass is 35.5. The van der Waals surface area contributed by atoms with Crippen LogP contribution in [-0.4, -0.2) is 30.3 Å². The van der Waals surface area contributed by atoms with Crippen LogP contribution < -0.4 is 10.0 Å². The predicted octanol–water partition coefficient (Wildman–Crippen LogP) is 6.19. The first-order valence-electron chi connectivity index (χ1n) is 10.5. The van der Waals surface area contributed by atoms with Crippen molar-refractivity contribution in [2.45, 2.75) is 24.0 Å². The molecule has 4 aromatic rings. The molecule has 1 amide bonds. The Labute approximate surface area is 222 Å². The molecule has 0 unspecified atom stereocenters. The van der Waals surface area contributed by atoms with Crippen molar-refractivity contribution in [3.63, 3.8) is 0 Å². The summed E-state index contributed by atoms with van der Waals surface area (Å²) in [5, 5.41) is 11.4. The van der Waals surface area contributed by atoms with Gasteiger partial charge >= 0.3 is 0 Å². The first-order valence-corrected chi connectivity index (χ1v) is 13.7. The Balaban J connectivity index is 1.41. The van der Waals surface area contributed by atoms with Crippen molar-refractivity contribution >= 4 is 62.3 Å². The molecule has 36 heavy (non-hydrogen) atoms. The summed E-state index contributed by atoms with van der Waals surface area (Å²) in [5.41, 5.74) is 3.21. The molecule has 0 aliphatic rings. The number of rotatable bonds is 8. The van der Waals surface area contributed by atoms with E-state index in [9.17, 15) is 13.2 Å². The van der Waals surface area contributed by atoms with Gasteiger partial charge in [0.2, 0.25) is 11.8 Å². The lowest BCUT2D eigenvalue weighted by Crippen LogP contribution is -2.17. The fraction of sp³-hybridized carbons (Fsp3) is 0.125. The molecule has 1 heterocycles. The van der Waals surface area contributed by atoms with E-state index in [1.807, 2.05) is 26.0 Å². The van der Waals surface area contributed by atoms with Crippen molar-refractivity contribution in [2.24, 2.45) is 0 Å². The number of aryl methyl sites for hydroxylation is 2. The average Bonchev–Trinajstić information content (AvgIpc) is 3.30. The lowest BCUT2D eigenvalue weighted by molar-refractivity contribution is -0.113. The summed E-state index contributed by atoms with van der Waals surface area (Å²) in [6.07, 6.45) is 0. The van der Waals surface area contributed by atoms with Crippen molar-refractivity contribution in [1.82, 2.24) is 10.2 Å². The third-order valence-corrected chi connectivity index (χ3v) is 7.87. The van der Waals surface area contributed by atoms with E-state index in [0.29, 0.717) is 22.2 Å². The van der Waals surface area contributed by atoms with E-state index in [-0.39, 0.29) is 32.5 Å². The van der Waals surface area contributed by atoms with Gasteiger partial charge in [-0.05, 0) is 67.9 Å². The number of sulfonamides is 1. The first kappa shape index (κ1) is 26.0. The molecule has 0 aliphatic heterocycles. The number of carbonyl (C=O) groups excluding carboxylic acids is 1. The SMILES string of the molecule is Cc1ccc(NS(=O)(=O)c2cc(NC(=O)CSc3nnc(-c4ccc(Cl)cc4)o3)ccc2Cl)c(C)c1. The Morgan fingerprint density at radius 2 is 1.75 bits per heavy atom. The molecule has 0 bridgehead atoms. The Morgan fingerprint density at radius 1 is 1.00 bits per heavy atom. The van der Waals surface area contributed by atoms with Gasteiger partial charge in [0, 0.05) is 16.3 Å². The number of thioether (sulfide) groups is 1. The van der Waals surface area contributed by atoms with Crippen molar-refractivity contribution in [3.8, 4) is 11.5 Å². The zero-order valence-electron chi connectivity index (χ0n) is 19.1. The Hall–Kier alpha value is -3.05. The van der Waals surface area contributed by atoms with Gasteiger partial charge in [0.1, 0.15) is 4.90 Å². The Kier molecular flexibility index (Phi) is 7.89. The zero-order valence-corrected chi connectivity index (χ0v) is 22.2.